The van der Waals surface area contributed by atoms with E-state index in [1.165, 1.54) is 5.69 Å². The molecule has 0 aromatic heterocycles. The van der Waals surface area contributed by atoms with E-state index in [-0.39, 0.29) is 6.10 Å². The minimum atomic E-state index is -0.379. The molecule has 94 valence electrons. The molecular formula is C14H22N2O. The first-order valence-corrected chi connectivity index (χ1v) is 6.31. The summed E-state index contributed by atoms with van der Waals surface area (Å²) < 4.78 is 0. The lowest BCUT2D eigenvalue weighted by atomic mass is 10.1. The minimum absolute atomic E-state index is 0.379. The molecule has 1 aliphatic rings. The van der Waals surface area contributed by atoms with Crippen LogP contribution in [0.15, 0.2) is 24.3 Å². The van der Waals surface area contributed by atoms with Crippen LogP contribution in [0.1, 0.15) is 25.5 Å². The molecule has 0 aliphatic carbocycles. The zero-order valence-electron chi connectivity index (χ0n) is 10.9. The minimum Gasteiger partial charge on any atom is -0.389 e. The number of anilines is 1. The van der Waals surface area contributed by atoms with Crippen LogP contribution in [0, 0.1) is 0 Å². The van der Waals surface area contributed by atoms with Crippen molar-refractivity contribution in [2.24, 2.45) is 0 Å². The lowest BCUT2D eigenvalue weighted by Gasteiger charge is -2.39. The first-order valence-electron chi connectivity index (χ1n) is 6.31. The Hall–Kier alpha value is -1.06. The fraction of sp³-hybridized carbons (Fsp3) is 0.571. The van der Waals surface area contributed by atoms with Crippen LogP contribution in [0.2, 0.25) is 0 Å². The van der Waals surface area contributed by atoms with Crippen molar-refractivity contribution < 1.29 is 5.11 Å². The SMILES string of the molecule is CC(O)c1ccc(N2CCN(C)C(C)C2)cc1. The maximum atomic E-state index is 9.48. The number of benzene rings is 1. The molecule has 1 heterocycles. The number of aliphatic hydroxyl groups excluding tert-OH is 1. The monoisotopic (exact) mass is 234 g/mol. The first-order chi connectivity index (χ1) is 8.08. The Morgan fingerprint density at radius 1 is 1.24 bits per heavy atom. The topological polar surface area (TPSA) is 26.7 Å². The van der Waals surface area contributed by atoms with Crippen LogP contribution >= 0.6 is 0 Å². The van der Waals surface area contributed by atoms with Crippen LogP contribution < -0.4 is 4.90 Å². The summed E-state index contributed by atoms with van der Waals surface area (Å²) in [7, 11) is 2.18. The fourth-order valence-corrected chi connectivity index (χ4v) is 2.25. The zero-order valence-corrected chi connectivity index (χ0v) is 10.9. The predicted molar refractivity (Wildman–Crippen MR) is 71.4 cm³/mol. The highest BCUT2D eigenvalue weighted by atomic mass is 16.3. The van der Waals surface area contributed by atoms with E-state index in [0.29, 0.717) is 6.04 Å². The second-order valence-electron chi connectivity index (χ2n) is 5.04. The van der Waals surface area contributed by atoms with Crippen molar-refractivity contribution in [3.8, 4) is 0 Å². The third-order valence-electron chi connectivity index (χ3n) is 3.70. The van der Waals surface area contributed by atoms with E-state index in [4.69, 9.17) is 0 Å². The van der Waals surface area contributed by atoms with Crippen molar-refractivity contribution in [1.82, 2.24) is 4.90 Å². The molecule has 2 atom stereocenters. The van der Waals surface area contributed by atoms with E-state index in [1.54, 1.807) is 6.92 Å². The van der Waals surface area contributed by atoms with E-state index in [0.717, 1.165) is 25.2 Å². The van der Waals surface area contributed by atoms with Gasteiger partial charge in [-0.15, -0.1) is 0 Å². The van der Waals surface area contributed by atoms with Gasteiger partial charge in [0.25, 0.3) is 0 Å². The molecule has 2 unspecified atom stereocenters. The molecule has 0 spiro atoms. The normalized spacial score (nSPS) is 23.8. The van der Waals surface area contributed by atoms with Crippen LogP contribution in [-0.2, 0) is 0 Å². The second kappa shape index (κ2) is 5.07. The predicted octanol–water partition coefficient (Wildman–Crippen LogP) is 1.88. The van der Waals surface area contributed by atoms with Gasteiger partial charge < -0.3 is 14.9 Å². The molecule has 0 radical (unpaired) electrons. The molecule has 1 saturated heterocycles. The maximum Gasteiger partial charge on any atom is 0.0761 e. The summed E-state index contributed by atoms with van der Waals surface area (Å²) in [5.74, 6) is 0. The molecule has 0 bridgehead atoms. The zero-order chi connectivity index (χ0) is 12.4. The van der Waals surface area contributed by atoms with Crippen LogP contribution in [-0.4, -0.2) is 42.7 Å². The summed E-state index contributed by atoms with van der Waals surface area (Å²) in [6, 6.07) is 8.85. The van der Waals surface area contributed by atoms with Crippen molar-refractivity contribution in [3.63, 3.8) is 0 Å². The third kappa shape index (κ3) is 2.79. The number of hydrogen-bond acceptors (Lipinski definition) is 3. The average Bonchev–Trinajstić information content (AvgIpc) is 2.33. The lowest BCUT2D eigenvalue weighted by molar-refractivity contribution is 0.199. The van der Waals surface area contributed by atoms with Crippen molar-refractivity contribution in [3.05, 3.63) is 29.8 Å². The maximum absolute atomic E-state index is 9.48. The van der Waals surface area contributed by atoms with Crippen molar-refractivity contribution in [2.75, 3.05) is 31.6 Å². The first kappa shape index (κ1) is 12.4. The number of nitrogens with zero attached hydrogens (tertiary/aromatic N) is 2. The summed E-state index contributed by atoms with van der Waals surface area (Å²) in [4.78, 5) is 4.80. The fourth-order valence-electron chi connectivity index (χ4n) is 2.25. The average molecular weight is 234 g/mol. The highest BCUT2D eigenvalue weighted by Crippen LogP contribution is 2.21. The summed E-state index contributed by atoms with van der Waals surface area (Å²) in [6.45, 7) is 7.32. The number of aliphatic hydroxyl groups is 1. The molecule has 17 heavy (non-hydrogen) atoms. The van der Waals surface area contributed by atoms with E-state index in [9.17, 15) is 5.11 Å². The molecule has 3 nitrogen and oxygen atoms in total. The number of piperazine rings is 1. The summed E-state index contributed by atoms with van der Waals surface area (Å²) in [5, 5.41) is 9.48. The Bertz CT molecular complexity index is 361. The van der Waals surface area contributed by atoms with Gasteiger partial charge in [0.05, 0.1) is 6.10 Å². The van der Waals surface area contributed by atoms with Crippen LogP contribution in [0.4, 0.5) is 5.69 Å². The van der Waals surface area contributed by atoms with Gasteiger partial charge in [0.2, 0.25) is 0 Å². The Labute approximate surface area is 104 Å². The summed E-state index contributed by atoms with van der Waals surface area (Å²) >= 11 is 0. The van der Waals surface area contributed by atoms with E-state index in [2.05, 4.69) is 35.9 Å². The van der Waals surface area contributed by atoms with Gasteiger partial charge in [0.1, 0.15) is 0 Å². The van der Waals surface area contributed by atoms with Crippen molar-refractivity contribution in [1.29, 1.82) is 0 Å². The van der Waals surface area contributed by atoms with Gasteiger partial charge in [-0.3, -0.25) is 0 Å². The van der Waals surface area contributed by atoms with Crippen molar-refractivity contribution in [2.45, 2.75) is 26.0 Å². The number of rotatable bonds is 2. The molecule has 1 fully saturated rings. The Morgan fingerprint density at radius 3 is 2.41 bits per heavy atom. The van der Waals surface area contributed by atoms with Crippen LogP contribution in [0.25, 0.3) is 0 Å². The summed E-state index contributed by atoms with van der Waals surface area (Å²) in [5.41, 5.74) is 2.24. The molecular weight excluding hydrogens is 212 g/mol. The lowest BCUT2D eigenvalue weighted by Crippen LogP contribution is -2.50. The highest BCUT2D eigenvalue weighted by Gasteiger charge is 2.20. The van der Waals surface area contributed by atoms with Gasteiger partial charge >= 0.3 is 0 Å². The van der Waals surface area contributed by atoms with Crippen LogP contribution in [0.3, 0.4) is 0 Å². The molecule has 1 aromatic rings. The smallest absolute Gasteiger partial charge is 0.0761 e. The van der Waals surface area contributed by atoms with E-state index in [1.807, 2.05) is 12.1 Å². The van der Waals surface area contributed by atoms with Crippen molar-refractivity contribution >= 4 is 5.69 Å². The standard InChI is InChI=1S/C14H22N2O/c1-11-10-16(9-8-15(11)3)14-6-4-13(5-7-14)12(2)17/h4-7,11-12,17H,8-10H2,1-3H3. The molecule has 1 aliphatic heterocycles. The molecule has 2 rings (SSSR count). The highest BCUT2D eigenvalue weighted by molar-refractivity contribution is 5.48. The van der Waals surface area contributed by atoms with E-state index >= 15 is 0 Å². The van der Waals surface area contributed by atoms with E-state index < -0.39 is 0 Å². The Morgan fingerprint density at radius 2 is 1.88 bits per heavy atom. The van der Waals surface area contributed by atoms with Gasteiger partial charge in [-0.05, 0) is 38.6 Å². The number of hydrogen-bond donors (Lipinski definition) is 1. The molecule has 3 heteroatoms. The van der Waals surface area contributed by atoms with Gasteiger partial charge in [-0.25, -0.2) is 0 Å². The quantitative estimate of drug-likeness (QED) is 0.846. The Kier molecular flexibility index (Phi) is 3.69. The second-order valence-corrected chi connectivity index (χ2v) is 5.04. The molecule has 1 aromatic carbocycles. The molecule has 1 N–H and O–H groups in total. The Balaban J connectivity index is 2.07. The molecule has 0 saturated carbocycles. The van der Waals surface area contributed by atoms with Gasteiger partial charge in [-0.1, -0.05) is 12.1 Å². The largest absolute Gasteiger partial charge is 0.389 e. The third-order valence-corrected chi connectivity index (χ3v) is 3.70. The summed E-state index contributed by atoms with van der Waals surface area (Å²) in [6.07, 6.45) is -0.379. The number of likely N-dealkylation sites (N-methyl/N-ethyl adjacent to an activating group) is 1. The van der Waals surface area contributed by atoms with Gasteiger partial charge in [-0.2, -0.15) is 0 Å². The van der Waals surface area contributed by atoms with Gasteiger partial charge in [0.15, 0.2) is 0 Å². The van der Waals surface area contributed by atoms with Gasteiger partial charge in [0, 0.05) is 31.4 Å². The molecule has 0 amide bonds. The van der Waals surface area contributed by atoms with Crippen LogP contribution in [0.5, 0.6) is 0 Å².